The molecule has 2 amide bonds. The third kappa shape index (κ3) is 3.69. The number of hydrogen-bond donors (Lipinski definition) is 1. The van der Waals surface area contributed by atoms with Crippen molar-refractivity contribution in [2.75, 3.05) is 23.4 Å². The maximum Gasteiger partial charge on any atom is 0.407 e. The number of nitrogens with one attached hydrogen (secondary N) is 1. The van der Waals surface area contributed by atoms with Crippen molar-refractivity contribution in [3.8, 4) is 0 Å². The van der Waals surface area contributed by atoms with Crippen molar-refractivity contribution in [2.45, 2.75) is 6.18 Å². The predicted molar refractivity (Wildman–Crippen MR) is 105 cm³/mol. The molecule has 0 saturated carbocycles. The Labute approximate surface area is 173 Å². The fourth-order valence-corrected chi connectivity index (χ4v) is 3.31. The van der Waals surface area contributed by atoms with Crippen molar-refractivity contribution in [1.29, 1.82) is 0 Å². The predicted octanol–water partition coefficient (Wildman–Crippen LogP) is 3.89. The number of halogens is 4. The summed E-state index contributed by atoms with van der Waals surface area (Å²) in [5, 5.41) is 2.13. The van der Waals surface area contributed by atoms with Crippen LogP contribution in [0.4, 0.5) is 34.6 Å². The second-order valence-electron chi connectivity index (χ2n) is 6.15. The van der Waals surface area contributed by atoms with E-state index in [0.29, 0.717) is 6.07 Å². The van der Waals surface area contributed by atoms with E-state index >= 15 is 0 Å². The first-order valence-corrected chi connectivity index (χ1v) is 8.74. The maximum absolute atomic E-state index is 14.3. The van der Waals surface area contributed by atoms with Crippen molar-refractivity contribution < 1.29 is 27.2 Å². The molecule has 6 nitrogen and oxygen atoms in total. The van der Waals surface area contributed by atoms with Gasteiger partial charge in [-0.05, 0) is 42.5 Å². The number of rotatable bonds is 3. The summed E-state index contributed by atoms with van der Waals surface area (Å²) >= 11 is 5.24. The van der Waals surface area contributed by atoms with E-state index in [1.165, 1.54) is 30.1 Å². The molecule has 0 bridgehead atoms. The number of alkyl halides is 3. The number of carbonyl (C=O) groups is 2. The van der Waals surface area contributed by atoms with Gasteiger partial charge in [0.15, 0.2) is 10.8 Å². The van der Waals surface area contributed by atoms with Crippen molar-refractivity contribution >= 4 is 46.2 Å². The van der Waals surface area contributed by atoms with Gasteiger partial charge in [0.05, 0.1) is 17.7 Å². The van der Waals surface area contributed by atoms with E-state index in [-0.39, 0.29) is 28.6 Å². The highest BCUT2D eigenvalue weighted by atomic mass is 32.1. The molecule has 3 rings (SSSR count). The van der Waals surface area contributed by atoms with E-state index in [0.717, 1.165) is 17.0 Å². The van der Waals surface area contributed by atoms with Gasteiger partial charge < -0.3 is 10.2 Å². The molecule has 1 saturated heterocycles. The summed E-state index contributed by atoms with van der Waals surface area (Å²) in [7, 11) is 1.34. The van der Waals surface area contributed by atoms with Crippen LogP contribution in [0.1, 0.15) is 15.9 Å². The van der Waals surface area contributed by atoms with Crippen molar-refractivity contribution in [3.05, 3.63) is 64.8 Å². The molecule has 2 aromatic rings. The van der Waals surface area contributed by atoms with E-state index in [1.807, 2.05) is 0 Å². The van der Waals surface area contributed by atoms with Gasteiger partial charge in [0.1, 0.15) is 12.4 Å². The second-order valence-corrected chi connectivity index (χ2v) is 6.52. The van der Waals surface area contributed by atoms with Gasteiger partial charge in [-0.2, -0.15) is 13.2 Å². The Morgan fingerprint density at radius 1 is 1.20 bits per heavy atom. The summed E-state index contributed by atoms with van der Waals surface area (Å²) in [5.41, 5.74) is -2.00. The first-order chi connectivity index (χ1) is 14.1. The molecule has 1 aliphatic rings. The zero-order chi connectivity index (χ0) is 22.2. The third-order valence-corrected chi connectivity index (χ3v) is 4.77. The smallest absolute Gasteiger partial charge is 0.355 e. The summed E-state index contributed by atoms with van der Waals surface area (Å²) in [4.78, 5) is 29.1. The molecule has 1 N–H and O–H groups in total. The van der Waals surface area contributed by atoms with Gasteiger partial charge in [0, 0.05) is 18.4 Å². The Morgan fingerprint density at radius 2 is 1.87 bits per heavy atom. The normalized spacial score (nSPS) is 14.1. The van der Waals surface area contributed by atoms with Gasteiger partial charge in [-0.3, -0.25) is 14.5 Å². The standard InChI is InChI=1S/C19H12F4N4O2S/c1-24-15-6-4-11(7-13(15)19(21,22)23)27-16(28)9-26(18(27)30)10-3-5-12(14(20)8-10)17(29)25-2/h3-8H,9H2,2H3,(H,25,29). The molecule has 154 valence electrons. The Morgan fingerprint density at radius 3 is 2.43 bits per heavy atom. The topological polar surface area (TPSA) is 57.0 Å². The zero-order valence-electron chi connectivity index (χ0n) is 15.2. The van der Waals surface area contributed by atoms with Gasteiger partial charge in [0.2, 0.25) is 0 Å². The van der Waals surface area contributed by atoms with E-state index in [1.54, 1.807) is 0 Å². The lowest BCUT2D eigenvalue weighted by Crippen LogP contribution is -2.33. The zero-order valence-corrected chi connectivity index (χ0v) is 16.1. The van der Waals surface area contributed by atoms with Crippen molar-refractivity contribution in [2.24, 2.45) is 0 Å². The number of carbonyl (C=O) groups excluding carboxylic acids is 2. The first-order valence-electron chi connectivity index (χ1n) is 8.33. The van der Waals surface area contributed by atoms with Gasteiger partial charge >= 0.3 is 6.18 Å². The second kappa shape index (κ2) is 7.72. The van der Waals surface area contributed by atoms with Crippen LogP contribution in [0.15, 0.2) is 36.4 Å². The fourth-order valence-electron chi connectivity index (χ4n) is 2.94. The largest absolute Gasteiger partial charge is 0.407 e. The molecular formula is C19H12F4N4O2S. The summed E-state index contributed by atoms with van der Waals surface area (Å²) in [6, 6.07) is 6.42. The quantitative estimate of drug-likeness (QED) is 0.451. The minimum atomic E-state index is -4.79. The lowest BCUT2D eigenvalue weighted by atomic mass is 10.1. The Hall–Kier alpha value is -3.52. The molecule has 0 atom stereocenters. The average Bonchev–Trinajstić information content (AvgIpc) is 3.00. The molecule has 2 aromatic carbocycles. The van der Waals surface area contributed by atoms with E-state index in [2.05, 4.69) is 10.2 Å². The molecule has 11 heteroatoms. The maximum atomic E-state index is 14.3. The summed E-state index contributed by atoms with van der Waals surface area (Å²) in [6.07, 6.45) is -4.79. The van der Waals surface area contributed by atoms with Crippen LogP contribution >= 0.6 is 12.2 Å². The van der Waals surface area contributed by atoms with Crippen molar-refractivity contribution in [1.82, 2.24) is 5.32 Å². The number of thiocarbonyl (C=S) groups is 1. The Kier molecular flexibility index (Phi) is 5.45. The number of anilines is 2. The Bertz CT molecular complexity index is 1110. The molecule has 0 aromatic heterocycles. The average molecular weight is 436 g/mol. The number of benzene rings is 2. The molecule has 0 spiro atoms. The highest BCUT2D eigenvalue weighted by molar-refractivity contribution is 7.81. The van der Waals surface area contributed by atoms with E-state index < -0.39 is 35.1 Å². The SMILES string of the molecule is [C-]#[N+]c1ccc(N2C(=O)CN(c3ccc(C(=O)NC)c(F)c3)C2=S)cc1C(F)(F)F. The molecule has 30 heavy (non-hydrogen) atoms. The van der Waals surface area contributed by atoms with Crippen LogP contribution in [0.25, 0.3) is 4.85 Å². The first kappa shape index (κ1) is 21.2. The number of nitrogens with zero attached hydrogens (tertiary/aromatic N) is 3. The minimum Gasteiger partial charge on any atom is -0.355 e. The molecular weight excluding hydrogens is 424 g/mol. The van der Waals surface area contributed by atoms with Crippen molar-refractivity contribution in [3.63, 3.8) is 0 Å². The molecule has 1 heterocycles. The summed E-state index contributed by atoms with van der Waals surface area (Å²) in [5.74, 6) is -2.11. The molecule has 0 aliphatic carbocycles. The molecule has 0 radical (unpaired) electrons. The fraction of sp³-hybridized carbons (Fsp3) is 0.158. The Balaban J connectivity index is 1.97. The van der Waals surface area contributed by atoms with Crippen LogP contribution in [0.2, 0.25) is 0 Å². The van der Waals surface area contributed by atoms with Gasteiger partial charge in [-0.25, -0.2) is 9.24 Å². The lowest BCUT2D eigenvalue weighted by Gasteiger charge is -2.22. The monoisotopic (exact) mass is 436 g/mol. The van der Waals surface area contributed by atoms with E-state index in [4.69, 9.17) is 18.8 Å². The number of amides is 2. The minimum absolute atomic E-state index is 0.157. The van der Waals surface area contributed by atoms with Gasteiger partial charge in [-0.1, -0.05) is 6.07 Å². The molecule has 0 unspecified atom stereocenters. The summed E-state index contributed by atoms with van der Waals surface area (Å²) < 4.78 is 54.0. The lowest BCUT2D eigenvalue weighted by molar-refractivity contribution is -0.136. The van der Waals surface area contributed by atoms with Crippen LogP contribution in [-0.4, -0.2) is 30.5 Å². The van der Waals surface area contributed by atoms with Crippen LogP contribution in [0, 0.1) is 12.4 Å². The summed E-state index contributed by atoms with van der Waals surface area (Å²) in [6.45, 7) is 6.57. The van der Waals surface area contributed by atoms with Crippen LogP contribution < -0.4 is 15.1 Å². The van der Waals surface area contributed by atoms with Gasteiger partial charge in [-0.15, -0.1) is 0 Å². The third-order valence-electron chi connectivity index (χ3n) is 4.37. The molecule has 1 fully saturated rings. The van der Waals surface area contributed by atoms with Crippen LogP contribution in [0.5, 0.6) is 0 Å². The van der Waals surface area contributed by atoms with Gasteiger partial charge in [0.25, 0.3) is 11.8 Å². The van der Waals surface area contributed by atoms with Crippen LogP contribution in [0.3, 0.4) is 0 Å². The highest BCUT2D eigenvalue weighted by Gasteiger charge is 2.38. The highest BCUT2D eigenvalue weighted by Crippen LogP contribution is 2.39. The van der Waals surface area contributed by atoms with Crippen LogP contribution in [-0.2, 0) is 11.0 Å². The van der Waals surface area contributed by atoms with E-state index in [9.17, 15) is 27.2 Å². The molecule has 1 aliphatic heterocycles. The number of hydrogen-bond acceptors (Lipinski definition) is 3.